The van der Waals surface area contributed by atoms with Crippen LogP contribution in [0.25, 0.3) is 0 Å². The number of nitrogens with one attached hydrogen (secondary N) is 1. The zero-order chi connectivity index (χ0) is 13.6. The number of nitrogens with two attached hydrogens (primary N) is 1. The molecule has 1 rings (SSSR count). The van der Waals surface area contributed by atoms with E-state index in [0.717, 1.165) is 12.2 Å². The molecule has 0 aliphatic heterocycles. The quantitative estimate of drug-likeness (QED) is 0.810. The Morgan fingerprint density at radius 1 is 1.39 bits per heavy atom. The molecule has 0 aromatic carbocycles. The number of nitrogens with zero attached hydrogens (tertiary/aromatic N) is 2. The van der Waals surface area contributed by atoms with E-state index >= 15 is 0 Å². The van der Waals surface area contributed by atoms with Gasteiger partial charge in [0, 0.05) is 18.7 Å². The van der Waals surface area contributed by atoms with Crippen LogP contribution in [0.1, 0.15) is 34.1 Å². The zero-order valence-corrected chi connectivity index (χ0v) is 11.7. The molecule has 1 atom stereocenters. The Labute approximate surface area is 109 Å². The van der Waals surface area contributed by atoms with Crippen LogP contribution in [-0.4, -0.2) is 29.2 Å². The Bertz CT molecular complexity index is 362. The van der Waals surface area contributed by atoms with Crippen LogP contribution in [0.5, 0.6) is 5.88 Å². The standard InChI is InChI=1S/C13H24N4O/c1-5-18-12-6-11(16-9-17-12)15-8-10(14)7-13(2,3)4/h6,9-10H,5,7-8,14H2,1-4H3,(H,15,16,17). The van der Waals surface area contributed by atoms with Crippen molar-refractivity contribution in [1.29, 1.82) is 0 Å². The molecular formula is C13H24N4O. The summed E-state index contributed by atoms with van der Waals surface area (Å²) in [5.41, 5.74) is 6.31. The van der Waals surface area contributed by atoms with Crippen LogP contribution in [-0.2, 0) is 0 Å². The minimum Gasteiger partial charge on any atom is -0.478 e. The number of hydrogen-bond donors (Lipinski definition) is 2. The highest BCUT2D eigenvalue weighted by atomic mass is 16.5. The smallest absolute Gasteiger partial charge is 0.218 e. The van der Waals surface area contributed by atoms with Gasteiger partial charge in [-0.05, 0) is 18.8 Å². The molecule has 0 amide bonds. The Morgan fingerprint density at radius 2 is 2.11 bits per heavy atom. The number of anilines is 1. The molecule has 0 fully saturated rings. The van der Waals surface area contributed by atoms with Crippen LogP contribution in [0, 0.1) is 5.41 Å². The maximum Gasteiger partial charge on any atom is 0.218 e. The molecule has 0 spiro atoms. The van der Waals surface area contributed by atoms with Gasteiger partial charge in [-0.25, -0.2) is 9.97 Å². The highest BCUT2D eigenvalue weighted by Crippen LogP contribution is 2.20. The lowest BCUT2D eigenvalue weighted by molar-refractivity contribution is 0.326. The summed E-state index contributed by atoms with van der Waals surface area (Å²) in [5.74, 6) is 1.33. The minimum atomic E-state index is 0.107. The minimum absolute atomic E-state index is 0.107. The van der Waals surface area contributed by atoms with Crippen molar-refractivity contribution < 1.29 is 4.74 Å². The molecule has 5 heteroatoms. The maximum absolute atomic E-state index is 6.07. The van der Waals surface area contributed by atoms with Crippen LogP contribution in [0.3, 0.4) is 0 Å². The summed E-state index contributed by atoms with van der Waals surface area (Å²) in [4.78, 5) is 8.14. The van der Waals surface area contributed by atoms with Gasteiger partial charge in [0.15, 0.2) is 0 Å². The third-order valence-corrected chi connectivity index (χ3v) is 2.35. The van der Waals surface area contributed by atoms with Gasteiger partial charge in [-0.3, -0.25) is 0 Å². The Hall–Kier alpha value is -1.36. The summed E-state index contributed by atoms with van der Waals surface area (Å²) in [7, 11) is 0. The van der Waals surface area contributed by atoms with Gasteiger partial charge in [-0.2, -0.15) is 0 Å². The molecule has 0 aliphatic rings. The van der Waals surface area contributed by atoms with E-state index in [0.29, 0.717) is 19.0 Å². The third kappa shape index (κ3) is 5.82. The first-order chi connectivity index (χ1) is 8.40. The van der Waals surface area contributed by atoms with Crippen LogP contribution in [0.15, 0.2) is 12.4 Å². The lowest BCUT2D eigenvalue weighted by Crippen LogP contribution is -2.33. The topological polar surface area (TPSA) is 73.1 Å². The molecule has 0 radical (unpaired) electrons. The molecule has 0 saturated carbocycles. The van der Waals surface area contributed by atoms with Crippen molar-refractivity contribution in [3.05, 3.63) is 12.4 Å². The summed E-state index contributed by atoms with van der Waals surface area (Å²) < 4.78 is 5.31. The van der Waals surface area contributed by atoms with Crippen molar-refractivity contribution in [1.82, 2.24) is 9.97 Å². The van der Waals surface area contributed by atoms with Crippen molar-refractivity contribution in [2.75, 3.05) is 18.5 Å². The van der Waals surface area contributed by atoms with Crippen LogP contribution in [0.2, 0.25) is 0 Å². The van der Waals surface area contributed by atoms with E-state index in [2.05, 4.69) is 36.1 Å². The summed E-state index contributed by atoms with van der Waals surface area (Å²) in [5, 5.41) is 3.21. The molecule has 102 valence electrons. The highest BCUT2D eigenvalue weighted by Gasteiger charge is 2.15. The van der Waals surface area contributed by atoms with E-state index < -0.39 is 0 Å². The maximum atomic E-state index is 6.07. The van der Waals surface area contributed by atoms with Gasteiger partial charge in [-0.15, -0.1) is 0 Å². The second-order valence-electron chi connectivity index (χ2n) is 5.58. The van der Waals surface area contributed by atoms with Gasteiger partial charge in [0.05, 0.1) is 6.61 Å². The molecule has 0 bridgehead atoms. The molecule has 1 heterocycles. The molecule has 0 aliphatic carbocycles. The zero-order valence-electron chi connectivity index (χ0n) is 11.7. The summed E-state index contributed by atoms with van der Waals surface area (Å²) >= 11 is 0. The first kappa shape index (κ1) is 14.7. The second-order valence-corrected chi connectivity index (χ2v) is 5.58. The van der Waals surface area contributed by atoms with Crippen LogP contribution < -0.4 is 15.8 Å². The molecular weight excluding hydrogens is 228 g/mol. The van der Waals surface area contributed by atoms with Crippen molar-refractivity contribution in [2.24, 2.45) is 11.1 Å². The van der Waals surface area contributed by atoms with Gasteiger partial charge >= 0.3 is 0 Å². The first-order valence-electron chi connectivity index (χ1n) is 6.35. The molecule has 18 heavy (non-hydrogen) atoms. The van der Waals surface area contributed by atoms with Crippen molar-refractivity contribution >= 4 is 5.82 Å². The highest BCUT2D eigenvalue weighted by molar-refractivity contribution is 5.37. The normalized spacial score (nSPS) is 13.2. The Morgan fingerprint density at radius 3 is 2.72 bits per heavy atom. The van der Waals surface area contributed by atoms with E-state index in [1.165, 1.54) is 6.33 Å². The van der Waals surface area contributed by atoms with Crippen molar-refractivity contribution in [3.63, 3.8) is 0 Å². The van der Waals surface area contributed by atoms with Crippen molar-refractivity contribution in [3.8, 4) is 5.88 Å². The summed E-state index contributed by atoms with van der Waals surface area (Å²) in [6.45, 7) is 9.77. The predicted octanol–water partition coefficient (Wildman–Crippen LogP) is 2.05. The van der Waals surface area contributed by atoms with Gasteiger partial charge in [0.25, 0.3) is 0 Å². The molecule has 1 unspecified atom stereocenters. The van der Waals surface area contributed by atoms with Gasteiger partial charge in [0.1, 0.15) is 12.1 Å². The third-order valence-electron chi connectivity index (χ3n) is 2.35. The number of hydrogen-bond acceptors (Lipinski definition) is 5. The van der Waals surface area contributed by atoms with E-state index in [9.17, 15) is 0 Å². The van der Waals surface area contributed by atoms with Gasteiger partial charge < -0.3 is 15.8 Å². The lowest BCUT2D eigenvalue weighted by Gasteiger charge is -2.23. The SMILES string of the molecule is CCOc1cc(NCC(N)CC(C)(C)C)ncn1. The molecule has 1 aromatic rings. The molecule has 0 saturated heterocycles. The lowest BCUT2D eigenvalue weighted by atomic mass is 9.88. The van der Waals surface area contributed by atoms with E-state index in [1.807, 2.05) is 6.92 Å². The number of ether oxygens (including phenoxy) is 1. The molecule has 5 nitrogen and oxygen atoms in total. The van der Waals surface area contributed by atoms with Gasteiger partial charge in [-0.1, -0.05) is 20.8 Å². The van der Waals surface area contributed by atoms with E-state index in [4.69, 9.17) is 10.5 Å². The molecule has 3 N–H and O–H groups in total. The van der Waals surface area contributed by atoms with Crippen LogP contribution in [0.4, 0.5) is 5.82 Å². The second kappa shape index (κ2) is 6.54. The average molecular weight is 252 g/mol. The molecule has 1 aromatic heterocycles. The fraction of sp³-hybridized carbons (Fsp3) is 0.692. The van der Waals surface area contributed by atoms with E-state index in [1.54, 1.807) is 6.07 Å². The van der Waals surface area contributed by atoms with Gasteiger partial charge in [0.2, 0.25) is 5.88 Å². The van der Waals surface area contributed by atoms with Crippen molar-refractivity contribution in [2.45, 2.75) is 40.2 Å². The van der Waals surface area contributed by atoms with E-state index in [-0.39, 0.29) is 11.5 Å². The average Bonchev–Trinajstić information content (AvgIpc) is 2.25. The summed E-state index contributed by atoms with van der Waals surface area (Å²) in [6.07, 6.45) is 2.45. The largest absolute Gasteiger partial charge is 0.478 e. The fourth-order valence-electron chi connectivity index (χ4n) is 1.76. The van der Waals surface area contributed by atoms with Crippen LogP contribution >= 0.6 is 0 Å². The predicted molar refractivity (Wildman–Crippen MR) is 73.7 cm³/mol. The first-order valence-corrected chi connectivity index (χ1v) is 6.35. The Kier molecular flexibility index (Phi) is 5.34. The monoisotopic (exact) mass is 252 g/mol. The summed E-state index contributed by atoms with van der Waals surface area (Å²) in [6, 6.07) is 1.89. The number of aromatic nitrogens is 2. The number of rotatable bonds is 6. The fourth-order valence-corrected chi connectivity index (χ4v) is 1.76. The Balaban J connectivity index is 2.45.